The van der Waals surface area contributed by atoms with Crippen LogP contribution in [0.1, 0.15) is 26.3 Å². The molecule has 18 heavy (non-hydrogen) atoms. The maximum Gasteiger partial charge on any atom is 0.137 e. The van der Waals surface area contributed by atoms with Crippen molar-refractivity contribution in [1.82, 2.24) is 0 Å². The summed E-state index contributed by atoms with van der Waals surface area (Å²) in [5, 5.41) is -0.662. The van der Waals surface area contributed by atoms with E-state index in [1.54, 1.807) is 0 Å². The number of thiophene rings is 1. The van der Waals surface area contributed by atoms with Gasteiger partial charge in [-0.15, -0.1) is 22.9 Å². The fourth-order valence-corrected chi connectivity index (χ4v) is 3.33. The number of hydrogen-bond donors (Lipinski definition) is 0. The zero-order chi connectivity index (χ0) is 13.4. The normalized spacial score (nSPS) is 12.8. The molecule has 1 atom stereocenters. The first-order valence-electron chi connectivity index (χ1n) is 5.25. The molecule has 0 fully saturated rings. The van der Waals surface area contributed by atoms with Crippen molar-refractivity contribution >= 4 is 38.9 Å². The Hall–Kier alpha value is -0.450. The monoisotopic (exact) mass is 350 g/mol. The van der Waals surface area contributed by atoms with E-state index in [0.717, 1.165) is 27.5 Å². The van der Waals surface area contributed by atoms with Crippen molar-refractivity contribution in [3.8, 4) is 0 Å². The fourth-order valence-electron chi connectivity index (χ4n) is 1.61. The molecule has 1 aromatic heterocycles. The molecule has 0 aliphatic rings. The molecule has 0 radical (unpaired) electrons. The van der Waals surface area contributed by atoms with Crippen LogP contribution in [0.25, 0.3) is 0 Å². The van der Waals surface area contributed by atoms with Gasteiger partial charge in [-0.2, -0.15) is 0 Å². The van der Waals surface area contributed by atoms with Crippen molar-refractivity contribution in [2.24, 2.45) is 0 Å². The van der Waals surface area contributed by atoms with Gasteiger partial charge in [-0.05, 0) is 53.5 Å². The second-order valence-electron chi connectivity index (χ2n) is 4.04. The number of rotatable bonds is 2. The van der Waals surface area contributed by atoms with Gasteiger partial charge in [0.1, 0.15) is 11.6 Å². The van der Waals surface area contributed by atoms with Crippen LogP contribution in [0, 0.1) is 25.5 Å². The Balaban J connectivity index is 2.45. The highest BCUT2D eigenvalue weighted by Crippen LogP contribution is 2.37. The van der Waals surface area contributed by atoms with E-state index in [2.05, 4.69) is 15.9 Å². The lowest BCUT2D eigenvalue weighted by Crippen LogP contribution is -1.97. The smallest absolute Gasteiger partial charge is 0.137 e. The Morgan fingerprint density at radius 3 is 2.39 bits per heavy atom. The molecule has 2 rings (SSSR count). The van der Waals surface area contributed by atoms with Crippen LogP contribution in [0.15, 0.2) is 22.7 Å². The summed E-state index contributed by atoms with van der Waals surface area (Å²) in [5.41, 5.74) is 1.28. The predicted octanol–water partition coefficient (Wildman–Crippen LogP) is 5.73. The standard InChI is InChI=1S/C13H10BrClF2S/c1-6-3-12(18-7(6)2)13(15)8-4-11(17)9(14)5-10(8)16/h3-5,13H,1-2H3. The van der Waals surface area contributed by atoms with Gasteiger partial charge in [0.05, 0.1) is 9.85 Å². The third-order valence-corrected chi connectivity index (χ3v) is 5.17. The van der Waals surface area contributed by atoms with Crippen LogP contribution in [-0.4, -0.2) is 0 Å². The molecule has 96 valence electrons. The van der Waals surface area contributed by atoms with E-state index in [9.17, 15) is 8.78 Å². The summed E-state index contributed by atoms with van der Waals surface area (Å²) in [6, 6.07) is 4.16. The molecule has 0 spiro atoms. The van der Waals surface area contributed by atoms with Crippen LogP contribution in [-0.2, 0) is 0 Å². The van der Waals surface area contributed by atoms with Gasteiger partial charge < -0.3 is 0 Å². The molecule has 0 nitrogen and oxygen atoms in total. The zero-order valence-corrected chi connectivity index (χ0v) is 12.9. The zero-order valence-electron chi connectivity index (χ0n) is 9.73. The van der Waals surface area contributed by atoms with Crippen molar-refractivity contribution in [3.05, 3.63) is 55.2 Å². The number of halogens is 4. The minimum Gasteiger partial charge on any atom is -0.207 e. The lowest BCUT2D eigenvalue weighted by atomic mass is 10.1. The molecule has 0 N–H and O–H groups in total. The Kier molecular flexibility index (Phi) is 4.09. The summed E-state index contributed by atoms with van der Waals surface area (Å²) in [5.74, 6) is -1.02. The summed E-state index contributed by atoms with van der Waals surface area (Å²) in [7, 11) is 0. The molecule has 2 aromatic rings. The predicted molar refractivity (Wildman–Crippen MR) is 75.5 cm³/mol. The maximum atomic E-state index is 13.8. The molecule has 1 aromatic carbocycles. The third kappa shape index (κ3) is 2.60. The van der Waals surface area contributed by atoms with E-state index in [-0.39, 0.29) is 10.0 Å². The second kappa shape index (κ2) is 5.27. The van der Waals surface area contributed by atoms with Gasteiger partial charge in [0.25, 0.3) is 0 Å². The summed E-state index contributed by atoms with van der Waals surface area (Å²) in [6.45, 7) is 3.95. The Bertz CT molecular complexity index is 575. The quantitative estimate of drug-likeness (QED) is 0.478. The molecule has 0 amide bonds. The van der Waals surface area contributed by atoms with Gasteiger partial charge in [-0.1, -0.05) is 0 Å². The lowest BCUT2D eigenvalue weighted by molar-refractivity contribution is 0.582. The van der Waals surface area contributed by atoms with Crippen LogP contribution >= 0.6 is 38.9 Å². The molecule has 0 aliphatic heterocycles. The molecule has 0 bridgehead atoms. The number of aryl methyl sites for hydroxylation is 2. The van der Waals surface area contributed by atoms with Crippen LogP contribution in [0.5, 0.6) is 0 Å². The Morgan fingerprint density at radius 1 is 1.17 bits per heavy atom. The van der Waals surface area contributed by atoms with E-state index in [1.807, 2.05) is 19.9 Å². The van der Waals surface area contributed by atoms with E-state index < -0.39 is 17.0 Å². The second-order valence-corrected chi connectivity index (χ2v) is 6.62. The summed E-state index contributed by atoms with van der Waals surface area (Å²) < 4.78 is 27.4. The molecule has 5 heteroatoms. The van der Waals surface area contributed by atoms with Gasteiger partial charge in [-0.25, -0.2) is 8.78 Å². The highest BCUT2D eigenvalue weighted by Gasteiger charge is 2.20. The average Bonchev–Trinajstić information content (AvgIpc) is 2.63. The fraction of sp³-hybridized carbons (Fsp3) is 0.231. The van der Waals surface area contributed by atoms with Crippen LogP contribution in [0.2, 0.25) is 0 Å². The van der Waals surface area contributed by atoms with Crippen molar-refractivity contribution in [2.45, 2.75) is 19.2 Å². The molecule has 0 saturated heterocycles. The summed E-state index contributed by atoms with van der Waals surface area (Å²) in [4.78, 5) is 1.96. The highest BCUT2D eigenvalue weighted by molar-refractivity contribution is 9.10. The lowest BCUT2D eigenvalue weighted by Gasteiger charge is -2.10. The van der Waals surface area contributed by atoms with Gasteiger partial charge in [-0.3, -0.25) is 0 Å². The average molecular weight is 352 g/mol. The summed E-state index contributed by atoms with van der Waals surface area (Å²) in [6.07, 6.45) is 0. The van der Waals surface area contributed by atoms with E-state index in [4.69, 9.17) is 11.6 Å². The Morgan fingerprint density at radius 2 is 1.83 bits per heavy atom. The molecular weight excluding hydrogens is 342 g/mol. The van der Waals surface area contributed by atoms with Gasteiger partial charge in [0, 0.05) is 15.3 Å². The third-order valence-electron chi connectivity index (χ3n) is 2.75. The van der Waals surface area contributed by atoms with Crippen LogP contribution in [0.3, 0.4) is 0 Å². The van der Waals surface area contributed by atoms with Gasteiger partial charge >= 0.3 is 0 Å². The van der Waals surface area contributed by atoms with E-state index >= 15 is 0 Å². The number of alkyl halides is 1. The highest BCUT2D eigenvalue weighted by atomic mass is 79.9. The topological polar surface area (TPSA) is 0 Å². The first kappa shape index (κ1) is 14.0. The molecule has 1 heterocycles. The van der Waals surface area contributed by atoms with E-state index in [1.165, 1.54) is 11.3 Å². The van der Waals surface area contributed by atoms with Crippen LogP contribution < -0.4 is 0 Å². The first-order valence-corrected chi connectivity index (χ1v) is 7.30. The van der Waals surface area contributed by atoms with Crippen molar-refractivity contribution in [1.29, 1.82) is 0 Å². The van der Waals surface area contributed by atoms with E-state index in [0.29, 0.717) is 0 Å². The molecule has 0 aliphatic carbocycles. The van der Waals surface area contributed by atoms with Crippen molar-refractivity contribution < 1.29 is 8.78 Å². The largest absolute Gasteiger partial charge is 0.207 e. The minimum absolute atomic E-state index is 0.103. The number of hydrogen-bond acceptors (Lipinski definition) is 1. The SMILES string of the molecule is Cc1cc(C(Cl)c2cc(F)c(Br)cc2F)sc1C. The van der Waals surface area contributed by atoms with Crippen molar-refractivity contribution in [2.75, 3.05) is 0 Å². The summed E-state index contributed by atoms with van der Waals surface area (Å²) >= 11 is 10.7. The minimum atomic E-state index is -0.662. The van der Waals surface area contributed by atoms with Crippen LogP contribution in [0.4, 0.5) is 8.78 Å². The van der Waals surface area contributed by atoms with Crippen molar-refractivity contribution in [3.63, 3.8) is 0 Å². The molecule has 0 saturated carbocycles. The van der Waals surface area contributed by atoms with Gasteiger partial charge in [0.2, 0.25) is 0 Å². The number of benzene rings is 1. The maximum absolute atomic E-state index is 13.8. The Labute approximate surface area is 122 Å². The molecular formula is C13H10BrClF2S. The first-order chi connectivity index (χ1) is 8.40. The van der Waals surface area contributed by atoms with Gasteiger partial charge in [0.15, 0.2) is 0 Å². The molecule has 1 unspecified atom stereocenters.